The van der Waals surface area contributed by atoms with Gasteiger partial charge < -0.3 is 10.5 Å². The fraction of sp³-hybridized carbons (Fsp3) is 0.556. The minimum absolute atomic E-state index is 0.0181. The lowest BCUT2D eigenvalue weighted by atomic mass is 9.89. The van der Waals surface area contributed by atoms with Crippen LogP contribution in [0, 0.1) is 5.92 Å². The average molecular weight is 180 g/mol. The van der Waals surface area contributed by atoms with Crippen LogP contribution >= 0.6 is 0 Å². The third-order valence-electron chi connectivity index (χ3n) is 2.45. The van der Waals surface area contributed by atoms with E-state index in [9.17, 15) is 4.79 Å². The van der Waals surface area contributed by atoms with Crippen LogP contribution in [-0.2, 0) is 9.53 Å². The van der Waals surface area contributed by atoms with Gasteiger partial charge in [-0.25, -0.2) is 0 Å². The number of aliphatic imine (C=N–C) groups is 1. The van der Waals surface area contributed by atoms with Crippen LogP contribution in [0.2, 0.25) is 0 Å². The van der Waals surface area contributed by atoms with Crippen LogP contribution in [0.15, 0.2) is 17.1 Å². The van der Waals surface area contributed by atoms with E-state index in [0.717, 1.165) is 19.3 Å². The Morgan fingerprint density at radius 3 is 2.92 bits per heavy atom. The number of amidine groups is 1. The molecule has 1 aliphatic carbocycles. The Balaban J connectivity index is 2.03. The molecule has 0 aromatic heterocycles. The molecule has 1 amide bonds. The lowest BCUT2D eigenvalue weighted by Crippen LogP contribution is -2.29. The van der Waals surface area contributed by atoms with Crippen LogP contribution in [0.4, 0.5) is 0 Å². The van der Waals surface area contributed by atoms with Crippen LogP contribution < -0.4 is 5.73 Å². The maximum Gasteiger partial charge on any atom is 0.291 e. The highest BCUT2D eigenvalue weighted by molar-refractivity contribution is 5.98. The summed E-state index contributed by atoms with van der Waals surface area (Å²) in [7, 11) is 0. The Bertz CT molecular complexity index is 283. The number of amides is 1. The molecule has 2 atom stereocenters. The summed E-state index contributed by atoms with van der Waals surface area (Å²) in [5, 5.41) is 0. The quantitative estimate of drug-likeness (QED) is 0.600. The number of carbonyl (C=O) groups excluding carboxylic acids is 1. The molecule has 1 aliphatic heterocycles. The predicted molar refractivity (Wildman–Crippen MR) is 48.0 cm³/mol. The van der Waals surface area contributed by atoms with E-state index >= 15 is 0 Å². The molecule has 4 heteroatoms. The lowest BCUT2D eigenvalue weighted by molar-refractivity contribution is -0.124. The van der Waals surface area contributed by atoms with E-state index in [1.807, 2.05) is 0 Å². The molecule has 2 unspecified atom stereocenters. The molecule has 0 aromatic carbocycles. The Hall–Kier alpha value is -1.32. The highest BCUT2D eigenvalue weighted by Gasteiger charge is 2.34. The van der Waals surface area contributed by atoms with Crippen molar-refractivity contribution in [3.8, 4) is 0 Å². The first-order chi connectivity index (χ1) is 6.27. The summed E-state index contributed by atoms with van der Waals surface area (Å²) in [6.07, 6.45) is 6.66. The van der Waals surface area contributed by atoms with Crippen molar-refractivity contribution in [3.05, 3.63) is 12.2 Å². The first-order valence-corrected chi connectivity index (χ1v) is 4.47. The normalized spacial score (nSPS) is 32.9. The summed E-state index contributed by atoms with van der Waals surface area (Å²) in [4.78, 5) is 14.8. The van der Waals surface area contributed by atoms with E-state index in [0.29, 0.717) is 0 Å². The summed E-state index contributed by atoms with van der Waals surface area (Å²) < 4.78 is 5.16. The molecule has 0 spiro atoms. The van der Waals surface area contributed by atoms with Crippen molar-refractivity contribution in [1.29, 1.82) is 0 Å². The van der Waals surface area contributed by atoms with Crippen LogP contribution in [0.1, 0.15) is 19.3 Å². The van der Waals surface area contributed by atoms with Gasteiger partial charge in [-0.05, 0) is 19.3 Å². The molecule has 0 saturated heterocycles. The number of hydrogen-bond donors (Lipinski definition) is 1. The molecule has 0 bridgehead atoms. The minimum atomic E-state index is -0.426. The fourth-order valence-corrected chi connectivity index (χ4v) is 1.77. The number of hydrogen-bond acceptors (Lipinski definition) is 3. The van der Waals surface area contributed by atoms with E-state index in [1.165, 1.54) is 0 Å². The highest BCUT2D eigenvalue weighted by Crippen LogP contribution is 2.26. The van der Waals surface area contributed by atoms with Gasteiger partial charge in [0.25, 0.3) is 11.9 Å². The maximum absolute atomic E-state index is 11.3. The highest BCUT2D eigenvalue weighted by atomic mass is 16.5. The van der Waals surface area contributed by atoms with Crippen molar-refractivity contribution in [2.75, 3.05) is 0 Å². The van der Waals surface area contributed by atoms with Crippen molar-refractivity contribution in [2.24, 2.45) is 16.6 Å². The van der Waals surface area contributed by atoms with Gasteiger partial charge in [0, 0.05) is 5.92 Å². The number of allylic oxidation sites excluding steroid dienone is 2. The molecule has 0 radical (unpaired) electrons. The van der Waals surface area contributed by atoms with Gasteiger partial charge in [0.2, 0.25) is 0 Å². The molecular weight excluding hydrogens is 168 g/mol. The zero-order valence-electron chi connectivity index (χ0n) is 7.27. The standard InChI is InChI=1S/C9H12N2O2/c10-9-11-8(12)7(13-9)6-4-2-1-3-5-6/h1-2,6-7H,3-5H2,(H2,10,11,12). The van der Waals surface area contributed by atoms with Gasteiger partial charge in [-0.2, -0.15) is 4.99 Å². The van der Waals surface area contributed by atoms with Crippen molar-refractivity contribution >= 4 is 11.9 Å². The molecule has 2 rings (SSSR count). The van der Waals surface area contributed by atoms with Gasteiger partial charge >= 0.3 is 0 Å². The van der Waals surface area contributed by atoms with Gasteiger partial charge in [0.05, 0.1) is 0 Å². The third-order valence-corrected chi connectivity index (χ3v) is 2.45. The minimum Gasteiger partial charge on any atom is -0.451 e. The summed E-state index contributed by atoms with van der Waals surface area (Å²) >= 11 is 0. The summed E-state index contributed by atoms with van der Waals surface area (Å²) in [6, 6.07) is 0.0181. The number of rotatable bonds is 1. The molecule has 13 heavy (non-hydrogen) atoms. The van der Waals surface area contributed by atoms with Crippen LogP contribution in [-0.4, -0.2) is 18.0 Å². The molecule has 0 aromatic rings. The van der Waals surface area contributed by atoms with E-state index < -0.39 is 6.10 Å². The molecule has 2 aliphatic rings. The zero-order chi connectivity index (χ0) is 9.26. The summed E-state index contributed by atoms with van der Waals surface area (Å²) in [6.45, 7) is 0. The Kier molecular flexibility index (Phi) is 2.04. The van der Waals surface area contributed by atoms with E-state index in [-0.39, 0.29) is 17.8 Å². The third kappa shape index (κ3) is 1.56. The SMILES string of the molecule is NC1=NC(=O)C(C2CC=CCC2)O1. The van der Waals surface area contributed by atoms with Gasteiger partial charge in [0.1, 0.15) is 0 Å². The van der Waals surface area contributed by atoms with E-state index in [4.69, 9.17) is 10.5 Å². The van der Waals surface area contributed by atoms with Crippen molar-refractivity contribution < 1.29 is 9.53 Å². The van der Waals surface area contributed by atoms with Crippen LogP contribution in [0.3, 0.4) is 0 Å². The molecule has 70 valence electrons. The molecular formula is C9H12N2O2. The second kappa shape index (κ2) is 3.20. The average Bonchev–Trinajstić information content (AvgIpc) is 2.47. The van der Waals surface area contributed by atoms with Crippen molar-refractivity contribution in [1.82, 2.24) is 0 Å². The van der Waals surface area contributed by atoms with E-state index in [1.54, 1.807) is 0 Å². The zero-order valence-corrected chi connectivity index (χ0v) is 7.27. The molecule has 0 fully saturated rings. The largest absolute Gasteiger partial charge is 0.451 e. The Morgan fingerprint density at radius 2 is 2.38 bits per heavy atom. The van der Waals surface area contributed by atoms with Crippen molar-refractivity contribution in [3.63, 3.8) is 0 Å². The first kappa shape index (κ1) is 8.29. The monoisotopic (exact) mass is 180 g/mol. The first-order valence-electron chi connectivity index (χ1n) is 4.47. The Labute approximate surface area is 76.5 Å². The predicted octanol–water partition coefficient (Wildman–Crippen LogP) is 0.583. The second-order valence-electron chi connectivity index (χ2n) is 3.37. The topological polar surface area (TPSA) is 64.7 Å². The summed E-state index contributed by atoms with van der Waals surface area (Å²) in [5.74, 6) is 0.0279. The van der Waals surface area contributed by atoms with E-state index in [2.05, 4.69) is 17.1 Å². The Morgan fingerprint density at radius 1 is 1.54 bits per heavy atom. The maximum atomic E-state index is 11.3. The number of nitrogens with zero attached hydrogens (tertiary/aromatic N) is 1. The number of carbonyl (C=O) groups is 1. The number of nitrogens with two attached hydrogens (primary N) is 1. The molecule has 4 nitrogen and oxygen atoms in total. The molecule has 2 N–H and O–H groups in total. The van der Waals surface area contributed by atoms with Crippen LogP contribution in [0.5, 0.6) is 0 Å². The molecule has 1 heterocycles. The van der Waals surface area contributed by atoms with Gasteiger partial charge in [-0.1, -0.05) is 12.2 Å². The van der Waals surface area contributed by atoms with Gasteiger partial charge in [-0.3, -0.25) is 4.79 Å². The second-order valence-corrected chi connectivity index (χ2v) is 3.37. The van der Waals surface area contributed by atoms with Crippen molar-refractivity contribution in [2.45, 2.75) is 25.4 Å². The van der Waals surface area contributed by atoms with Gasteiger partial charge in [-0.15, -0.1) is 0 Å². The number of ether oxygens (including phenoxy) is 1. The lowest BCUT2D eigenvalue weighted by Gasteiger charge is -2.21. The van der Waals surface area contributed by atoms with Gasteiger partial charge in [0.15, 0.2) is 6.10 Å². The van der Waals surface area contributed by atoms with Crippen LogP contribution in [0.25, 0.3) is 0 Å². The fourth-order valence-electron chi connectivity index (χ4n) is 1.77. The summed E-state index contributed by atoms with van der Waals surface area (Å²) in [5.41, 5.74) is 5.31. The molecule has 0 saturated carbocycles. The smallest absolute Gasteiger partial charge is 0.291 e.